The van der Waals surface area contributed by atoms with Crippen molar-refractivity contribution in [3.8, 4) is 0 Å². The predicted molar refractivity (Wildman–Crippen MR) is 46.3 cm³/mol. The molecule has 0 aromatic heterocycles. The highest BCUT2D eigenvalue weighted by Crippen LogP contribution is 2.51. The largest absolute Gasteiger partial charge is 0.0887 e. The quantitative estimate of drug-likeness (QED) is 0.583. The van der Waals surface area contributed by atoms with Gasteiger partial charge in [0.15, 0.2) is 0 Å². The van der Waals surface area contributed by atoms with Crippen LogP contribution in [0.25, 0.3) is 0 Å². The van der Waals surface area contributed by atoms with E-state index in [4.69, 9.17) is 0 Å². The van der Waals surface area contributed by atoms with Gasteiger partial charge in [0.05, 0.1) is 0 Å². The molecule has 0 unspecified atom stereocenters. The first kappa shape index (κ1) is 6.66. The lowest BCUT2D eigenvalue weighted by atomic mass is 10.0. The smallest absolute Gasteiger partial charge is 0.0213 e. The minimum atomic E-state index is 0.820. The number of rotatable bonds is 0. The van der Waals surface area contributed by atoms with Gasteiger partial charge < -0.3 is 0 Å². The van der Waals surface area contributed by atoms with Crippen LogP contribution in [0.5, 0.6) is 0 Å². The lowest BCUT2D eigenvalue weighted by molar-refractivity contribution is 0.497. The number of halogens is 2. The summed E-state index contributed by atoms with van der Waals surface area (Å²) in [7, 11) is 0. The van der Waals surface area contributed by atoms with Gasteiger partial charge in [0.1, 0.15) is 0 Å². The molecule has 2 aliphatic carbocycles. The first-order valence-corrected chi connectivity index (χ1v) is 5.40. The van der Waals surface area contributed by atoms with Crippen molar-refractivity contribution >= 4 is 31.9 Å². The summed E-state index contributed by atoms with van der Waals surface area (Å²) < 4.78 is 0. The summed E-state index contributed by atoms with van der Waals surface area (Å²) in [4.78, 5) is 1.66. The van der Waals surface area contributed by atoms with Crippen LogP contribution in [0, 0.1) is 11.8 Å². The fourth-order valence-electron chi connectivity index (χ4n) is 2.17. The minimum Gasteiger partial charge on any atom is -0.0887 e. The van der Waals surface area contributed by atoms with Gasteiger partial charge in [0, 0.05) is 9.65 Å². The molecule has 2 heteroatoms. The molecule has 4 atom stereocenters. The van der Waals surface area contributed by atoms with Gasteiger partial charge in [-0.25, -0.2) is 0 Å². The monoisotopic (exact) mass is 252 g/mol. The highest BCUT2D eigenvalue weighted by molar-refractivity contribution is 9.10. The Morgan fingerprint density at radius 2 is 1.89 bits per heavy atom. The fraction of sp³-hybridized carbons (Fsp3) is 1.00. The van der Waals surface area contributed by atoms with Crippen molar-refractivity contribution in [2.75, 3.05) is 0 Å². The van der Waals surface area contributed by atoms with E-state index >= 15 is 0 Å². The SMILES string of the molecule is Br[C@@H]1[C@H]2CC[C@@H]1[C@@H](Br)C2. The molecule has 0 amide bonds. The van der Waals surface area contributed by atoms with Gasteiger partial charge in [-0.3, -0.25) is 0 Å². The first-order chi connectivity index (χ1) is 4.29. The van der Waals surface area contributed by atoms with Crippen LogP contribution in [-0.4, -0.2) is 9.65 Å². The minimum absolute atomic E-state index is 0.820. The molecule has 2 saturated carbocycles. The molecule has 0 spiro atoms. The van der Waals surface area contributed by atoms with Crippen LogP contribution in [0.3, 0.4) is 0 Å². The molecule has 2 aliphatic rings. The highest BCUT2D eigenvalue weighted by Gasteiger charge is 2.45. The average Bonchev–Trinajstić information content (AvgIpc) is 2.25. The van der Waals surface area contributed by atoms with Gasteiger partial charge >= 0.3 is 0 Å². The maximum absolute atomic E-state index is 3.74. The Labute approximate surface area is 72.7 Å². The summed E-state index contributed by atoms with van der Waals surface area (Å²) in [6, 6.07) is 0. The second kappa shape index (κ2) is 2.23. The van der Waals surface area contributed by atoms with E-state index < -0.39 is 0 Å². The third-order valence-electron chi connectivity index (χ3n) is 2.72. The van der Waals surface area contributed by atoms with Crippen LogP contribution in [0.1, 0.15) is 19.3 Å². The Hall–Kier alpha value is 0.960. The molecule has 2 bridgehead atoms. The van der Waals surface area contributed by atoms with Crippen molar-refractivity contribution < 1.29 is 0 Å². The summed E-state index contributed by atoms with van der Waals surface area (Å²) in [6.45, 7) is 0. The first-order valence-electron chi connectivity index (χ1n) is 3.57. The molecule has 0 saturated heterocycles. The van der Waals surface area contributed by atoms with Crippen molar-refractivity contribution in [1.29, 1.82) is 0 Å². The average molecular weight is 254 g/mol. The number of alkyl halides is 2. The summed E-state index contributed by atoms with van der Waals surface area (Å²) in [6.07, 6.45) is 4.31. The third-order valence-corrected chi connectivity index (χ3v) is 5.20. The maximum Gasteiger partial charge on any atom is 0.0213 e. The molecule has 0 aromatic rings. The number of hydrogen-bond donors (Lipinski definition) is 0. The van der Waals surface area contributed by atoms with Gasteiger partial charge in [-0.1, -0.05) is 31.9 Å². The lowest BCUT2D eigenvalue weighted by Gasteiger charge is -2.13. The molecular weight excluding hydrogens is 244 g/mol. The second-order valence-corrected chi connectivity index (χ2v) is 5.43. The zero-order valence-electron chi connectivity index (χ0n) is 5.19. The molecule has 0 radical (unpaired) electrons. The van der Waals surface area contributed by atoms with Gasteiger partial charge in [-0.15, -0.1) is 0 Å². The van der Waals surface area contributed by atoms with Crippen LogP contribution < -0.4 is 0 Å². The van der Waals surface area contributed by atoms with E-state index in [0.717, 1.165) is 21.5 Å². The van der Waals surface area contributed by atoms with Crippen molar-refractivity contribution in [1.82, 2.24) is 0 Å². The Kier molecular flexibility index (Phi) is 1.65. The zero-order chi connectivity index (χ0) is 6.43. The maximum atomic E-state index is 3.74. The fourth-order valence-corrected chi connectivity index (χ4v) is 4.76. The van der Waals surface area contributed by atoms with Crippen LogP contribution in [0.2, 0.25) is 0 Å². The van der Waals surface area contributed by atoms with Gasteiger partial charge in [-0.05, 0) is 31.1 Å². The van der Waals surface area contributed by atoms with Crippen LogP contribution in [0.15, 0.2) is 0 Å². The molecule has 9 heavy (non-hydrogen) atoms. The summed E-state index contributed by atoms with van der Waals surface area (Å²) in [5, 5.41) is 0. The molecule has 0 nitrogen and oxygen atoms in total. The summed E-state index contributed by atoms with van der Waals surface area (Å²) >= 11 is 7.45. The Morgan fingerprint density at radius 1 is 1.11 bits per heavy atom. The van der Waals surface area contributed by atoms with Crippen LogP contribution in [-0.2, 0) is 0 Å². The van der Waals surface area contributed by atoms with Crippen molar-refractivity contribution in [3.63, 3.8) is 0 Å². The summed E-state index contributed by atoms with van der Waals surface area (Å²) in [5.74, 6) is 1.93. The van der Waals surface area contributed by atoms with Crippen molar-refractivity contribution in [3.05, 3.63) is 0 Å². The molecular formula is C7H10Br2. The zero-order valence-corrected chi connectivity index (χ0v) is 8.36. The summed E-state index contributed by atoms with van der Waals surface area (Å²) in [5.41, 5.74) is 0. The van der Waals surface area contributed by atoms with E-state index in [-0.39, 0.29) is 0 Å². The molecule has 0 aromatic carbocycles. The van der Waals surface area contributed by atoms with E-state index in [0.29, 0.717) is 0 Å². The predicted octanol–water partition coefficient (Wildman–Crippen LogP) is 2.94. The highest BCUT2D eigenvalue weighted by atomic mass is 79.9. The number of fused-ring (bicyclic) bond motifs is 2. The van der Waals surface area contributed by atoms with E-state index in [1.165, 1.54) is 19.3 Å². The van der Waals surface area contributed by atoms with Crippen LogP contribution in [0.4, 0.5) is 0 Å². The Bertz CT molecular complexity index is 124. The number of hydrogen-bond acceptors (Lipinski definition) is 0. The van der Waals surface area contributed by atoms with Gasteiger partial charge in [0.2, 0.25) is 0 Å². The topological polar surface area (TPSA) is 0 Å². The molecule has 2 fully saturated rings. The van der Waals surface area contributed by atoms with Crippen molar-refractivity contribution in [2.24, 2.45) is 11.8 Å². The molecule has 0 heterocycles. The molecule has 2 rings (SSSR count). The molecule has 0 aliphatic heterocycles. The normalized spacial score (nSPS) is 56.7. The third kappa shape index (κ3) is 0.900. The Balaban J connectivity index is 2.16. The van der Waals surface area contributed by atoms with Crippen LogP contribution >= 0.6 is 31.9 Å². The second-order valence-electron chi connectivity index (χ2n) is 3.20. The Morgan fingerprint density at radius 3 is 2.11 bits per heavy atom. The van der Waals surface area contributed by atoms with E-state index in [9.17, 15) is 0 Å². The van der Waals surface area contributed by atoms with E-state index in [2.05, 4.69) is 31.9 Å². The van der Waals surface area contributed by atoms with E-state index in [1.54, 1.807) is 0 Å². The standard InChI is InChI=1S/C7H10Br2/c8-6-3-4-1-2-5(6)7(4)9/h4-7H,1-3H2/t4-,5+,6-,7+/m0/s1. The molecule has 0 N–H and O–H groups in total. The van der Waals surface area contributed by atoms with Gasteiger partial charge in [-0.2, -0.15) is 0 Å². The molecule has 52 valence electrons. The van der Waals surface area contributed by atoms with Crippen molar-refractivity contribution in [2.45, 2.75) is 28.9 Å². The lowest BCUT2D eigenvalue weighted by Crippen LogP contribution is -2.10. The van der Waals surface area contributed by atoms with E-state index in [1.807, 2.05) is 0 Å². The van der Waals surface area contributed by atoms with Gasteiger partial charge in [0.25, 0.3) is 0 Å².